The number of hydrogen-bond donors (Lipinski definition) is 1. The van der Waals surface area contributed by atoms with Gasteiger partial charge >= 0.3 is 0 Å². The van der Waals surface area contributed by atoms with Crippen molar-refractivity contribution in [2.24, 2.45) is 5.92 Å². The first-order valence-corrected chi connectivity index (χ1v) is 11.2. The number of sulfonamides is 1. The van der Waals surface area contributed by atoms with Gasteiger partial charge in [0.1, 0.15) is 0 Å². The first-order valence-electron chi connectivity index (χ1n) is 9.60. The Morgan fingerprint density at radius 1 is 1.29 bits per heavy atom. The molecule has 2 heterocycles. The molecule has 28 heavy (non-hydrogen) atoms. The van der Waals surface area contributed by atoms with E-state index < -0.39 is 10.0 Å². The molecule has 1 amide bonds. The summed E-state index contributed by atoms with van der Waals surface area (Å²) >= 11 is 0. The third-order valence-corrected chi connectivity index (χ3v) is 6.79. The predicted molar refractivity (Wildman–Crippen MR) is 111 cm³/mol. The minimum atomic E-state index is -3.24. The molecule has 7 nitrogen and oxygen atoms in total. The van der Waals surface area contributed by atoms with Gasteiger partial charge in [-0.1, -0.05) is 19.9 Å². The quantitative estimate of drug-likeness (QED) is 0.802. The number of carbonyl (C=O) groups excluding carboxylic acids is 1. The lowest BCUT2D eigenvalue weighted by molar-refractivity contribution is -0.115. The molecule has 152 valence electrons. The van der Waals surface area contributed by atoms with E-state index in [1.807, 2.05) is 18.5 Å². The second kappa shape index (κ2) is 7.95. The van der Waals surface area contributed by atoms with Gasteiger partial charge in [-0.2, -0.15) is 5.10 Å². The van der Waals surface area contributed by atoms with Crippen molar-refractivity contribution < 1.29 is 13.2 Å². The van der Waals surface area contributed by atoms with Crippen LogP contribution in [0.1, 0.15) is 37.2 Å². The standard InChI is InChI=1S/C20H28N4O3S/c1-14(2)13-23-16(4)19(15(3)22-23)12-20(25)21-17-7-5-8-18(11-17)24-9-6-10-28(24,26)27/h5,7-8,11,14H,6,9-10,12-13H2,1-4H3,(H,21,25). The van der Waals surface area contributed by atoms with Crippen molar-refractivity contribution >= 4 is 27.3 Å². The van der Waals surface area contributed by atoms with Gasteiger partial charge in [-0.3, -0.25) is 13.8 Å². The number of nitrogens with one attached hydrogen (secondary N) is 1. The van der Waals surface area contributed by atoms with Gasteiger partial charge < -0.3 is 5.32 Å². The zero-order chi connectivity index (χ0) is 20.5. The molecule has 3 rings (SSSR count). The first kappa shape index (κ1) is 20.4. The number of carbonyl (C=O) groups is 1. The van der Waals surface area contributed by atoms with Gasteiger partial charge in [0.05, 0.1) is 23.6 Å². The molecule has 0 saturated carbocycles. The molecule has 1 fully saturated rings. The molecule has 0 aliphatic carbocycles. The summed E-state index contributed by atoms with van der Waals surface area (Å²) in [5.41, 5.74) is 4.00. The van der Waals surface area contributed by atoms with Crippen LogP contribution >= 0.6 is 0 Å². The molecule has 2 aromatic rings. The Kier molecular flexibility index (Phi) is 5.79. The average Bonchev–Trinajstić information content (AvgIpc) is 3.08. The third kappa shape index (κ3) is 4.38. The number of aromatic nitrogens is 2. The van der Waals surface area contributed by atoms with E-state index in [-0.39, 0.29) is 18.1 Å². The minimum Gasteiger partial charge on any atom is -0.326 e. The molecule has 1 aromatic heterocycles. The van der Waals surface area contributed by atoms with Gasteiger partial charge in [0.25, 0.3) is 0 Å². The van der Waals surface area contributed by atoms with Gasteiger partial charge in [-0.05, 0) is 44.4 Å². The molecule has 0 unspecified atom stereocenters. The maximum absolute atomic E-state index is 12.6. The van der Waals surface area contributed by atoms with Crippen molar-refractivity contribution in [1.82, 2.24) is 9.78 Å². The second-order valence-corrected chi connectivity index (χ2v) is 9.76. The smallest absolute Gasteiger partial charge is 0.235 e. The fourth-order valence-corrected chi connectivity index (χ4v) is 5.10. The Hall–Kier alpha value is -2.35. The number of amides is 1. The Bertz CT molecular complexity index is 979. The highest BCUT2D eigenvalue weighted by molar-refractivity contribution is 7.93. The molecule has 1 saturated heterocycles. The zero-order valence-electron chi connectivity index (χ0n) is 16.9. The molecular formula is C20H28N4O3S. The average molecular weight is 405 g/mol. The highest BCUT2D eigenvalue weighted by Gasteiger charge is 2.28. The van der Waals surface area contributed by atoms with Gasteiger partial charge in [0.15, 0.2) is 0 Å². The Morgan fingerprint density at radius 2 is 2.04 bits per heavy atom. The topological polar surface area (TPSA) is 84.3 Å². The fraction of sp³-hybridized carbons (Fsp3) is 0.500. The number of hydrogen-bond acceptors (Lipinski definition) is 4. The van der Waals surface area contributed by atoms with Gasteiger partial charge in [-0.15, -0.1) is 0 Å². The van der Waals surface area contributed by atoms with Crippen LogP contribution in [-0.4, -0.2) is 36.4 Å². The zero-order valence-corrected chi connectivity index (χ0v) is 17.7. The monoisotopic (exact) mass is 404 g/mol. The van der Waals surface area contributed by atoms with Crippen molar-refractivity contribution in [3.63, 3.8) is 0 Å². The fourth-order valence-electron chi connectivity index (χ4n) is 3.55. The molecule has 1 aliphatic heterocycles. The molecule has 8 heteroatoms. The summed E-state index contributed by atoms with van der Waals surface area (Å²) in [6.07, 6.45) is 0.861. The van der Waals surface area contributed by atoms with Crippen LogP contribution in [0.4, 0.5) is 11.4 Å². The van der Waals surface area contributed by atoms with Crippen LogP contribution in [0.2, 0.25) is 0 Å². The SMILES string of the molecule is Cc1nn(CC(C)C)c(C)c1CC(=O)Nc1cccc(N2CCCS2(=O)=O)c1. The van der Waals surface area contributed by atoms with Crippen LogP contribution < -0.4 is 9.62 Å². The third-order valence-electron chi connectivity index (χ3n) is 4.92. The van der Waals surface area contributed by atoms with E-state index in [9.17, 15) is 13.2 Å². The van der Waals surface area contributed by atoms with Crippen molar-refractivity contribution in [3.8, 4) is 0 Å². The number of benzene rings is 1. The van der Waals surface area contributed by atoms with E-state index in [1.54, 1.807) is 24.3 Å². The maximum Gasteiger partial charge on any atom is 0.235 e. The Morgan fingerprint density at radius 3 is 2.68 bits per heavy atom. The summed E-state index contributed by atoms with van der Waals surface area (Å²) in [6, 6.07) is 6.99. The molecule has 0 atom stereocenters. The summed E-state index contributed by atoms with van der Waals surface area (Å²) in [5, 5.41) is 7.44. The van der Waals surface area contributed by atoms with Crippen LogP contribution in [0.25, 0.3) is 0 Å². The van der Waals surface area contributed by atoms with Gasteiger partial charge in [0, 0.05) is 30.0 Å². The van der Waals surface area contributed by atoms with Crippen molar-refractivity contribution in [3.05, 3.63) is 41.2 Å². The highest BCUT2D eigenvalue weighted by Crippen LogP contribution is 2.26. The number of aryl methyl sites for hydroxylation is 1. The summed E-state index contributed by atoms with van der Waals surface area (Å²) in [6.45, 7) is 9.48. The van der Waals surface area contributed by atoms with Crippen LogP contribution in [0.5, 0.6) is 0 Å². The van der Waals surface area contributed by atoms with Crippen molar-refractivity contribution in [2.45, 2.75) is 47.1 Å². The van der Waals surface area contributed by atoms with Crippen LogP contribution in [-0.2, 0) is 27.8 Å². The summed E-state index contributed by atoms with van der Waals surface area (Å²) in [4.78, 5) is 12.6. The van der Waals surface area contributed by atoms with Crippen LogP contribution in [0, 0.1) is 19.8 Å². The molecule has 0 spiro atoms. The highest BCUT2D eigenvalue weighted by atomic mass is 32.2. The number of rotatable bonds is 6. The van der Waals surface area contributed by atoms with Crippen molar-refractivity contribution in [1.29, 1.82) is 0 Å². The second-order valence-electron chi connectivity index (χ2n) is 7.74. The maximum atomic E-state index is 12.6. The van der Waals surface area contributed by atoms with E-state index in [0.717, 1.165) is 23.5 Å². The van der Waals surface area contributed by atoms with E-state index in [1.165, 1.54) is 4.31 Å². The molecular weight excluding hydrogens is 376 g/mol. The minimum absolute atomic E-state index is 0.142. The molecule has 0 bridgehead atoms. The van der Waals surface area contributed by atoms with E-state index in [0.29, 0.717) is 30.3 Å². The number of nitrogens with zero attached hydrogens (tertiary/aromatic N) is 3. The lowest BCUT2D eigenvalue weighted by Gasteiger charge is -2.17. The molecule has 1 aliphatic rings. The largest absolute Gasteiger partial charge is 0.326 e. The van der Waals surface area contributed by atoms with E-state index in [2.05, 4.69) is 24.3 Å². The molecule has 1 aromatic carbocycles. The lowest BCUT2D eigenvalue weighted by Crippen LogP contribution is -2.25. The van der Waals surface area contributed by atoms with Crippen molar-refractivity contribution in [2.75, 3.05) is 21.9 Å². The molecule has 0 radical (unpaired) electrons. The predicted octanol–water partition coefficient (Wildman–Crippen LogP) is 2.88. The van der Waals surface area contributed by atoms with E-state index >= 15 is 0 Å². The summed E-state index contributed by atoms with van der Waals surface area (Å²) in [7, 11) is -3.24. The van der Waals surface area contributed by atoms with Gasteiger partial charge in [-0.25, -0.2) is 8.42 Å². The van der Waals surface area contributed by atoms with Crippen LogP contribution in [0.3, 0.4) is 0 Å². The first-order chi connectivity index (χ1) is 13.2. The Labute approximate surface area is 166 Å². The molecule has 1 N–H and O–H groups in total. The van der Waals surface area contributed by atoms with Crippen LogP contribution in [0.15, 0.2) is 24.3 Å². The Balaban J connectivity index is 1.73. The normalized spacial score (nSPS) is 16.0. The van der Waals surface area contributed by atoms with E-state index in [4.69, 9.17) is 0 Å². The number of anilines is 2. The van der Waals surface area contributed by atoms with Gasteiger partial charge in [0.2, 0.25) is 15.9 Å². The summed E-state index contributed by atoms with van der Waals surface area (Å²) in [5.74, 6) is 0.503. The summed E-state index contributed by atoms with van der Waals surface area (Å²) < 4.78 is 27.6. The lowest BCUT2D eigenvalue weighted by atomic mass is 10.1.